The highest BCUT2D eigenvalue weighted by Crippen LogP contribution is 2.37. The van der Waals surface area contributed by atoms with Gasteiger partial charge in [0.15, 0.2) is 0 Å². The van der Waals surface area contributed by atoms with Gasteiger partial charge in [0.25, 0.3) is 0 Å². The van der Waals surface area contributed by atoms with Crippen LogP contribution in [-0.4, -0.2) is 27.6 Å². The van der Waals surface area contributed by atoms with Crippen molar-refractivity contribution in [2.75, 3.05) is 13.1 Å². The van der Waals surface area contributed by atoms with Crippen LogP contribution in [0, 0.1) is 6.92 Å². The maximum absolute atomic E-state index is 13.0. The Kier molecular flexibility index (Phi) is 4.93. The van der Waals surface area contributed by atoms with Gasteiger partial charge in [0.1, 0.15) is 17.4 Å². The molecule has 0 saturated carbocycles. The summed E-state index contributed by atoms with van der Waals surface area (Å²) in [5.41, 5.74) is 1.90. The molecule has 142 valence electrons. The number of rotatable bonds is 5. The van der Waals surface area contributed by atoms with E-state index in [-0.39, 0.29) is 16.9 Å². The van der Waals surface area contributed by atoms with Crippen molar-refractivity contribution in [1.82, 2.24) is 5.32 Å². The van der Waals surface area contributed by atoms with Gasteiger partial charge in [0.2, 0.25) is 14.9 Å². The van der Waals surface area contributed by atoms with Crippen LogP contribution in [0.15, 0.2) is 58.0 Å². The van der Waals surface area contributed by atoms with Crippen molar-refractivity contribution in [3.05, 3.63) is 59.7 Å². The van der Waals surface area contributed by atoms with Crippen LogP contribution < -0.4 is 10.1 Å². The topological polar surface area (TPSA) is 68.5 Å². The van der Waals surface area contributed by atoms with Crippen LogP contribution in [-0.2, 0) is 15.6 Å². The molecule has 2 aromatic carbocycles. The maximum atomic E-state index is 13.0. The summed E-state index contributed by atoms with van der Waals surface area (Å²) in [4.78, 5) is 0. The largest absolute Gasteiger partial charge is 0.490 e. The number of sulfone groups is 1. The molecule has 4 rings (SSSR count). The van der Waals surface area contributed by atoms with Crippen molar-refractivity contribution in [1.29, 1.82) is 0 Å². The summed E-state index contributed by atoms with van der Waals surface area (Å²) >= 11 is 0. The van der Waals surface area contributed by atoms with E-state index in [9.17, 15) is 8.42 Å². The third-order valence-electron chi connectivity index (χ3n) is 4.93. The minimum absolute atomic E-state index is 0.0303. The first kappa shape index (κ1) is 18.1. The second-order valence-corrected chi connectivity index (χ2v) is 8.84. The van der Waals surface area contributed by atoms with Crippen LogP contribution >= 0.6 is 0 Å². The van der Waals surface area contributed by atoms with E-state index in [4.69, 9.17) is 9.15 Å². The third kappa shape index (κ3) is 3.73. The third-order valence-corrected chi connectivity index (χ3v) is 6.60. The molecule has 1 aliphatic rings. The van der Waals surface area contributed by atoms with E-state index < -0.39 is 9.84 Å². The van der Waals surface area contributed by atoms with E-state index >= 15 is 0 Å². The molecule has 27 heavy (non-hydrogen) atoms. The van der Waals surface area contributed by atoms with Crippen molar-refractivity contribution >= 4 is 20.8 Å². The predicted octanol–water partition coefficient (Wildman–Crippen LogP) is 3.85. The molecular formula is C21H23NO4S. The first-order valence-electron chi connectivity index (χ1n) is 9.21. The van der Waals surface area contributed by atoms with Gasteiger partial charge in [-0.25, -0.2) is 8.42 Å². The van der Waals surface area contributed by atoms with Gasteiger partial charge in [-0.05, 0) is 50.6 Å². The fraction of sp³-hybridized carbons (Fsp3) is 0.333. The normalized spacial score (nSPS) is 15.9. The van der Waals surface area contributed by atoms with Crippen molar-refractivity contribution in [3.8, 4) is 5.75 Å². The van der Waals surface area contributed by atoms with Crippen LogP contribution in [0.3, 0.4) is 0 Å². The summed E-state index contributed by atoms with van der Waals surface area (Å²) in [5.74, 6) is 0.612. The molecule has 6 heteroatoms. The van der Waals surface area contributed by atoms with Crippen LogP contribution in [0.1, 0.15) is 24.0 Å². The number of furan rings is 1. The van der Waals surface area contributed by atoms with E-state index in [1.54, 1.807) is 25.1 Å². The summed E-state index contributed by atoms with van der Waals surface area (Å²) in [5, 5.41) is 4.10. The molecule has 1 N–H and O–H groups in total. The number of piperidine rings is 1. The number of benzene rings is 2. The minimum atomic E-state index is -3.59. The second kappa shape index (κ2) is 7.37. The molecule has 0 unspecified atom stereocenters. The van der Waals surface area contributed by atoms with Gasteiger partial charge < -0.3 is 14.5 Å². The van der Waals surface area contributed by atoms with E-state index in [0.29, 0.717) is 16.9 Å². The Labute approximate surface area is 159 Å². The Bertz CT molecular complexity index is 1030. The maximum Gasteiger partial charge on any atom is 0.222 e. The zero-order valence-electron chi connectivity index (χ0n) is 15.3. The lowest BCUT2D eigenvalue weighted by Gasteiger charge is -2.24. The molecular weight excluding hydrogens is 362 g/mol. The smallest absolute Gasteiger partial charge is 0.222 e. The zero-order chi connectivity index (χ0) is 18.9. The standard InChI is InChI=1S/C21H23NO4S/c1-15-20-18(25-17-10-12-22-13-11-17)8-5-9-19(20)26-21(15)27(23,24)14-16-6-3-2-4-7-16/h2-9,17,22H,10-14H2,1H3. The fourth-order valence-corrected chi connectivity index (χ4v) is 5.14. The van der Waals surface area contributed by atoms with E-state index in [1.165, 1.54) is 0 Å². The predicted molar refractivity (Wildman–Crippen MR) is 105 cm³/mol. The first-order valence-corrected chi connectivity index (χ1v) is 10.9. The molecule has 1 aliphatic heterocycles. The lowest BCUT2D eigenvalue weighted by Crippen LogP contribution is -2.34. The lowest BCUT2D eigenvalue weighted by atomic mass is 10.1. The monoisotopic (exact) mass is 385 g/mol. The summed E-state index contributed by atoms with van der Waals surface area (Å²) in [6, 6.07) is 14.7. The number of nitrogens with one attached hydrogen (secondary N) is 1. The highest BCUT2D eigenvalue weighted by Gasteiger charge is 2.26. The fourth-order valence-electron chi connectivity index (χ4n) is 3.59. The van der Waals surface area contributed by atoms with Gasteiger partial charge in [-0.2, -0.15) is 0 Å². The highest BCUT2D eigenvalue weighted by molar-refractivity contribution is 7.90. The van der Waals surface area contributed by atoms with Gasteiger partial charge in [0, 0.05) is 5.56 Å². The average Bonchev–Trinajstić information content (AvgIpc) is 3.02. The number of hydrogen-bond donors (Lipinski definition) is 1. The minimum Gasteiger partial charge on any atom is -0.490 e. The molecule has 1 aromatic heterocycles. The van der Waals surface area contributed by atoms with E-state index in [2.05, 4.69) is 5.32 Å². The van der Waals surface area contributed by atoms with Crippen LogP contribution in [0.4, 0.5) is 0 Å². The summed E-state index contributed by atoms with van der Waals surface area (Å²) in [6.07, 6.45) is 2.01. The number of aryl methyl sites for hydroxylation is 1. The molecule has 0 bridgehead atoms. The molecule has 0 aliphatic carbocycles. The SMILES string of the molecule is Cc1c(S(=O)(=O)Cc2ccccc2)oc2cccc(OC3CCNCC3)c12. The van der Waals surface area contributed by atoms with Gasteiger partial charge in [-0.3, -0.25) is 0 Å². The molecule has 0 amide bonds. The molecule has 2 heterocycles. The molecule has 5 nitrogen and oxygen atoms in total. The molecule has 3 aromatic rings. The quantitative estimate of drug-likeness (QED) is 0.723. The second-order valence-electron chi connectivity index (χ2n) is 6.96. The Morgan fingerprint density at radius 2 is 1.81 bits per heavy atom. The van der Waals surface area contributed by atoms with Gasteiger partial charge >= 0.3 is 0 Å². The molecule has 1 saturated heterocycles. The van der Waals surface area contributed by atoms with Crippen molar-refractivity contribution in [2.24, 2.45) is 0 Å². The van der Waals surface area contributed by atoms with Gasteiger partial charge in [-0.15, -0.1) is 0 Å². The Hall–Kier alpha value is -2.31. The number of ether oxygens (including phenoxy) is 1. The van der Waals surface area contributed by atoms with Crippen LogP contribution in [0.5, 0.6) is 5.75 Å². The van der Waals surface area contributed by atoms with Crippen molar-refractivity contribution in [3.63, 3.8) is 0 Å². The van der Waals surface area contributed by atoms with E-state index in [1.807, 2.05) is 30.3 Å². The summed E-state index contributed by atoms with van der Waals surface area (Å²) in [7, 11) is -3.59. The van der Waals surface area contributed by atoms with Crippen LogP contribution in [0.25, 0.3) is 11.0 Å². The summed E-state index contributed by atoms with van der Waals surface area (Å²) < 4.78 is 37.9. The van der Waals surface area contributed by atoms with Crippen molar-refractivity contribution < 1.29 is 17.6 Å². The van der Waals surface area contributed by atoms with Gasteiger partial charge in [-0.1, -0.05) is 36.4 Å². The van der Waals surface area contributed by atoms with Gasteiger partial charge in [0.05, 0.1) is 11.1 Å². The first-order chi connectivity index (χ1) is 13.0. The number of fused-ring (bicyclic) bond motifs is 1. The summed E-state index contributed by atoms with van der Waals surface area (Å²) in [6.45, 7) is 3.66. The lowest BCUT2D eigenvalue weighted by molar-refractivity contribution is 0.164. The molecule has 0 spiro atoms. The molecule has 0 radical (unpaired) electrons. The Morgan fingerprint density at radius 1 is 1.07 bits per heavy atom. The molecule has 0 atom stereocenters. The molecule has 1 fully saturated rings. The zero-order valence-corrected chi connectivity index (χ0v) is 16.1. The van der Waals surface area contributed by atoms with E-state index in [0.717, 1.165) is 36.9 Å². The highest BCUT2D eigenvalue weighted by atomic mass is 32.2. The Balaban J connectivity index is 1.70. The average molecular weight is 385 g/mol. The Morgan fingerprint density at radius 3 is 2.56 bits per heavy atom. The van der Waals surface area contributed by atoms with Crippen LogP contribution in [0.2, 0.25) is 0 Å². The van der Waals surface area contributed by atoms with Crippen molar-refractivity contribution in [2.45, 2.75) is 36.7 Å². The number of hydrogen-bond acceptors (Lipinski definition) is 5.